The maximum Gasteiger partial charge on any atom is 0.287 e. The molecule has 3 nitrogen and oxygen atoms in total. The highest BCUT2D eigenvalue weighted by atomic mass is 32.3. The smallest absolute Gasteiger partial charge is 0.199 e. The molecule has 1 rings (SSSR count). The molecule has 0 aliphatic rings. The normalized spacial score (nSPS) is 14.4. The Kier molecular flexibility index (Phi) is 5.95. The van der Waals surface area contributed by atoms with Crippen LogP contribution in [0, 0.1) is 6.92 Å². The predicted octanol–water partition coefficient (Wildman–Crippen LogP) is 4.08. The highest BCUT2D eigenvalue weighted by Gasteiger charge is 2.21. The number of hydrogen-bond donors (Lipinski definition) is 0. The Labute approximate surface area is 126 Å². The number of unbranched alkanes of at least 4 members (excludes halogenated alkanes) is 1. The summed E-state index contributed by atoms with van der Waals surface area (Å²) in [5, 5.41) is 0. The van der Waals surface area contributed by atoms with Gasteiger partial charge in [0, 0.05) is 10.5 Å². The van der Waals surface area contributed by atoms with Gasteiger partial charge in [0.1, 0.15) is 0 Å². The predicted molar refractivity (Wildman–Crippen MR) is 87.7 cm³/mol. The molecule has 1 aromatic carbocycles. The Hall–Kier alpha value is -0.680. The number of nitrogens with zero attached hydrogens (tertiary/aromatic N) is 1. The van der Waals surface area contributed by atoms with Gasteiger partial charge in [-0.1, -0.05) is 62.5 Å². The highest BCUT2D eigenvalue weighted by Crippen LogP contribution is 2.21. The lowest BCUT2D eigenvalue weighted by Gasteiger charge is -2.22. The van der Waals surface area contributed by atoms with Crippen LogP contribution in [0.1, 0.15) is 46.1 Å². The minimum Gasteiger partial charge on any atom is -0.199 e. The van der Waals surface area contributed by atoms with E-state index in [1.54, 1.807) is 12.1 Å². The Balaban J connectivity index is 3.17. The van der Waals surface area contributed by atoms with Gasteiger partial charge in [-0.15, -0.1) is 3.77 Å². The third-order valence-corrected chi connectivity index (χ3v) is 7.37. The summed E-state index contributed by atoms with van der Waals surface area (Å²) in [6, 6.07) is 6.89. The van der Waals surface area contributed by atoms with Crippen LogP contribution in [0.15, 0.2) is 32.9 Å². The fourth-order valence-corrected chi connectivity index (χ4v) is 5.75. The third kappa shape index (κ3) is 5.02. The molecule has 0 bridgehead atoms. The first-order chi connectivity index (χ1) is 9.16. The summed E-state index contributed by atoms with van der Waals surface area (Å²) in [5.74, 6) is 0.838. The lowest BCUT2D eigenvalue weighted by molar-refractivity contribution is 0.598. The van der Waals surface area contributed by atoms with Crippen molar-refractivity contribution in [3.05, 3.63) is 29.8 Å². The fourth-order valence-electron chi connectivity index (χ4n) is 1.61. The van der Waals surface area contributed by atoms with Crippen molar-refractivity contribution in [2.24, 2.45) is 3.77 Å². The molecule has 114 valence electrons. The molecule has 20 heavy (non-hydrogen) atoms. The molecule has 0 aliphatic carbocycles. The van der Waals surface area contributed by atoms with Crippen molar-refractivity contribution >= 4 is 20.7 Å². The number of aryl methyl sites for hydroxylation is 1. The molecule has 1 unspecified atom stereocenters. The molecule has 0 amide bonds. The summed E-state index contributed by atoms with van der Waals surface area (Å²) in [4.78, 5) is 0.293. The van der Waals surface area contributed by atoms with Crippen LogP contribution < -0.4 is 0 Å². The zero-order valence-electron chi connectivity index (χ0n) is 13.0. The van der Waals surface area contributed by atoms with E-state index in [4.69, 9.17) is 0 Å². The van der Waals surface area contributed by atoms with E-state index in [2.05, 4.69) is 31.5 Å². The number of rotatable bonds is 5. The van der Waals surface area contributed by atoms with Gasteiger partial charge in [-0.3, -0.25) is 0 Å². The summed E-state index contributed by atoms with van der Waals surface area (Å²) < 4.78 is 28.9. The first-order valence-electron chi connectivity index (χ1n) is 6.92. The molecule has 1 aromatic rings. The molecule has 0 heterocycles. The Morgan fingerprint density at radius 3 is 2.15 bits per heavy atom. The Morgan fingerprint density at radius 2 is 1.70 bits per heavy atom. The van der Waals surface area contributed by atoms with E-state index < -0.39 is 20.7 Å². The van der Waals surface area contributed by atoms with Crippen molar-refractivity contribution in [3.8, 4) is 0 Å². The standard InChI is InChI=1S/C15H25NO2S2/c1-6-7-12-19(15(3,4)5)16-20(17,18)14-10-8-13(2)9-11-14/h8-11H,6-7,12H2,1-5H3. The van der Waals surface area contributed by atoms with E-state index >= 15 is 0 Å². The second kappa shape index (κ2) is 6.85. The van der Waals surface area contributed by atoms with Crippen molar-refractivity contribution in [2.75, 3.05) is 5.75 Å². The van der Waals surface area contributed by atoms with Crippen LogP contribution in [0.3, 0.4) is 0 Å². The number of hydrogen-bond acceptors (Lipinski definition) is 2. The monoisotopic (exact) mass is 315 g/mol. The van der Waals surface area contributed by atoms with Gasteiger partial charge in [0.15, 0.2) is 0 Å². The van der Waals surface area contributed by atoms with Crippen molar-refractivity contribution in [2.45, 2.75) is 57.1 Å². The van der Waals surface area contributed by atoms with Gasteiger partial charge >= 0.3 is 0 Å². The van der Waals surface area contributed by atoms with Crippen molar-refractivity contribution in [3.63, 3.8) is 0 Å². The molecule has 0 saturated carbocycles. The maximum absolute atomic E-state index is 12.4. The van der Waals surface area contributed by atoms with Crippen LogP contribution in [0.2, 0.25) is 0 Å². The van der Waals surface area contributed by atoms with Crippen molar-refractivity contribution < 1.29 is 8.42 Å². The summed E-state index contributed by atoms with van der Waals surface area (Å²) in [7, 11) is -4.03. The molecule has 0 fully saturated rings. The molecule has 0 N–H and O–H groups in total. The van der Waals surface area contributed by atoms with E-state index in [1.807, 2.05) is 19.1 Å². The van der Waals surface area contributed by atoms with E-state index in [9.17, 15) is 8.42 Å². The molecule has 0 radical (unpaired) electrons. The summed E-state index contributed by atoms with van der Waals surface area (Å²) in [5.41, 5.74) is 1.05. The fraction of sp³-hybridized carbons (Fsp3) is 0.600. The van der Waals surface area contributed by atoms with Gasteiger partial charge < -0.3 is 0 Å². The minimum absolute atomic E-state index is 0.118. The first kappa shape index (κ1) is 17.4. The molecule has 0 aromatic heterocycles. The SMILES string of the molecule is CCCC/S(=N/S(=O)(=O)c1ccc(C)cc1)C(C)(C)C. The Bertz CT molecular complexity index is 567. The Morgan fingerprint density at radius 1 is 1.15 bits per heavy atom. The molecule has 5 heteroatoms. The second-order valence-corrected chi connectivity index (χ2v) is 10.3. The van der Waals surface area contributed by atoms with Gasteiger partial charge in [-0.05, 0) is 25.5 Å². The van der Waals surface area contributed by atoms with E-state index in [-0.39, 0.29) is 4.75 Å². The lowest BCUT2D eigenvalue weighted by Crippen LogP contribution is -2.25. The van der Waals surface area contributed by atoms with Gasteiger partial charge in [0.05, 0.1) is 4.90 Å². The van der Waals surface area contributed by atoms with Crippen LogP contribution in [-0.2, 0) is 20.7 Å². The van der Waals surface area contributed by atoms with E-state index in [1.165, 1.54) is 0 Å². The highest BCUT2D eigenvalue weighted by molar-refractivity contribution is 8.00. The first-order valence-corrected chi connectivity index (χ1v) is 9.71. The van der Waals surface area contributed by atoms with E-state index in [0.29, 0.717) is 4.90 Å². The number of benzene rings is 1. The summed E-state index contributed by atoms with van der Waals surface area (Å²) >= 11 is 0. The van der Waals surface area contributed by atoms with Crippen molar-refractivity contribution in [1.82, 2.24) is 0 Å². The minimum atomic E-state index is -3.55. The average molecular weight is 316 g/mol. The van der Waals surface area contributed by atoms with Crippen LogP contribution in [0.4, 0.5) is 0 Å². The second-order valence-electron chi connectivity index (χ2n) is 5.90. The zero-order valence-corrected chi connectivity index (χ0v) is 14.6. The quantitative estimate of drug-likeness (QED) is 0.821. The largest absolute Gasteiger partial charge is 0.287 e. The topological polar surface area (TPSA) is 46.5 Å². The van der Waals surface area contributed by atoms with Gasteiger partial charge in [0.25, 0.3) is 10.0 Å². The summed E-state index contributed by atoms with van der Waals surface area (Å²) in [6.07, 6.45) is 2.06. The molecular formula is C15H25NO2S2. The van der Waals surface area contributed by atoms with Crippen LogP contribution in [0.5, 0.6) is 0 Å². The summed E-state index contributed by atoms with van der Waals surface area (Å²) in [6.45, 7) is 10.2. The van der Waals surface area contributed by atoms with Crippen LogP contribution in [-0.4, -0.2) is 18.9 Å². The maximum atomic E-state index is 12.4. The third-order valence-electron chi connectivity index (χ3n) is 2.91. The van der Waals surface area contributed by atoms with Crippen LogP contribution >= 0.6 is 0 Å². The lowest BCUT2D eigenvalue weighted by atomic mass is 10.2. The number of sulfonamides is 1. The van der Waals surface area contributed by atoms with Gasteiger partial charge in [-0.2, -0.15) is 8.42 Å². The average Bonchev–Trinajstić information content (AvgIpc) is 2.33. The van der Waals surface area contributed by atoms with Gasteiger partial charge in [-0.25, -0.2) is 0 Å². The molecule has 0 saturated heterocycles. The van der Waals surface area contributed by atoms with E-state index in [0.717, 1.165) is 24.2 Å². The molecular weight excluding hydrogens is 290 g/mol. The molecule has 1 atom stereocenters. The zero-order chi connectivity index (χ0) is 15.4. The molecule has 0 spiro atoms. The van der Waals surface area contributed by atoms with Gasteiger partial charge in [0.2, 0.25) is 0 Å². The van der Waals surface area contributed by atoms with Crippen molar-refractivity contribution in [1.29, 1.82) is 0 Å². The van der Waals surface area contributed by atoms with Crippen LogP contribution in [0.25, 0.3) is 0 Å². The molecule has 0 aliphatic heterocycles.